The summed E-state index contributed by atoms with van der Waals surface area (Å²) in [4.78, 5) is 0. The van der Waals surface area contributed by atoms with Crippen molar-refractivity contribution >= 4 is 27.5 Å². The molecule has 0 atom stereocenters. The molecule has 130 valence electrons. The molecular weight excluding hydrogens is 390 g/mol. The number of hydrogen-bond acceptors (Lipinski definition) is 3. The largest absolute Gasteiger partial charge is 0.489 e. The lowest BCUT2D eigenvalue weighted by Crippen LogP contribution is -2.15. The summed E-state index contributed by atoms with van der Waals surface area (Å²) in [6, 6.07) is 13.7. The molecule has 0 aliphatic carbocycles. The van der Waals surface area contributed by atoms with Crippen LogP contribution in [-0.2, 0) is 13.2 Å². The van der Waals surface area contributed by atoms with Gasteiger partial charge in [0.1, 0.15) is 12.4 Å². The molecule has 0 saturated heterocycles. The average Bonchev–Trinajstić information content (AvgIpc) is 2.58. The van der Waals surface area contributed by atoms with Crippen molar-refractivity contribution in [3.8, 4) is 5.75 Å². The standard InChI is InChI=1S/C19H23BrClNO2/c20-17-8-9-19(24-14-15-6-2-3-7-18(15)21)16(12-17)13-22-10-4-1-5-11-23/h2-3,6-9,12,22-23H,1,4-5,10-11,13-14H2. The summed E-state index contributed by atoms with van der Waals surface area (Å²) in [5.41, 5.74) is 2.09. The van der Waals surface area contributed by atoms with Crippen LogP contribution in [0.1, 0.15) is 30.4 Å². The zero-order chi connectivity index (χ0) is 17.2. The summed E-state index contributed by atoms with van der Waals surface area (Å²) in [6.07, 6.45) is 2.97. The zero-order valence-electron chi connectivity index (χ0n) is 13.6. The van der Waals surface area contributed by atoms with Gasteiger partial charge in [-0.3, -0.25) is 0 Å². The second-order valence-electron chi connectivity index (χ2n) is 5.59. The summed E-state index contributed by atoms with van der Waals surface area (Å²) in [5, 5.41) is 12.9. The van der Waals surface area contributed by atoms with Gasteiger partial charge < -0.3 is 15.2 Å². The van der Waals surface area contributed by atoms with Crippen molar-refractivity contribution < 1.29 is 9.84 Å². The van der Waals surface area contributed by atoms with E-state index in [0.717, 1.165) is 58.7 Å². The van der Waals surface area contributed by atoms with E-state index < -0.39 is 0 Å². The van der Waals surface area contributed by atoms with Crippen molar-refractivity contribution in [2.75, 3.05) is 13.2 Å². The number of halogens is 2. The van der Waals surface area contributed by atoms with Crippen LogP contribution in [0.4, 0.5) is 0 Å². The molecule has 0 aliphatic rings. The van der Waals surface area contributed by atoms with Gasteiger partial charge in [-0.2, -0.15) is 0 Å². The minimum Gasteiger partial charge on any atom is -0.489 e. The summed E-state index contributed by atoms with van der Waals surface area (Å²) in [5.74, 6) is 0.862. The molecule has 3 nitrogen and oxygen atoms in total. The van der Waals surface area contributed by atoms with Gasteiger partial charge in [0.2, 0.25) is 0 Å². The van der Waals surface area contributed by atoms with E-state index in [2.05, 4.69) is 27.3 Å². The number of rotatable bonds is 10. The Labute approximate surface area is 157 Å². The number of benzene rings is 2. The third-order valence-corrected chi connectivity index (χ3v) is 4.55. The number of aliphatic hydroxyl groups is 1. The number of aliphatic hydroxyl groups excluding tert-OH is 1. The number of nitrogens with one attached hydrogen (secondary N) is 1. The predicted octanol–water partition coefficient (Wildman–Crippen LogP) is 4.93. The van der Waals surface area contributed by atoms with Crippen molar-refractivity contribution in [2.24, 2.45) is 0 Å². The molecule has 0 amide bonds. The first-order chi connectivity index (χ1) is 11.7. The zero-order valence-corrected chi connectivity index (χ0v) is 15.9. The highest BCUT2D eigenvalue weighted by Gasteiger charge is 2.06. The highest BCUT2D eigenvalue weighted by Crippen LogP contribution is 2.25. The third kappa shape index (κ3) is 6.44. The molecule has 2 aromatic carbocycles. The Bertz CT molecular complexity index is 637. The van der Waals surface area contributed by atoms with Crippen LogP contribution >= 0.6 is 27.5 Å². The van der Waals surface area contributed by atoms with Crippen LogP contribution < -0.4 is 10.1 Å². The Morgan fingerprint density at radius 1 is 1.04 bits per heavy atom. The summed E-state index contributed by atoms with van der Waals surface area (Å²) in [6.45, 7) is 2.39. The molecule has 24 heavy (non-hydrogen) atoms. The molecule has 0 fully saturated rings. The topological polar surface area (TPSA) is 41.5 Å². The van der Waals surface area contributed by atoms with E-state index in [9.17, 15) is 0 Å². The van der Waals surface area contributed by atoms with Gasteiger partial charge in [-0.15, -0.1) is 0 Å². The molecule has 0 saturated carbocycles. The van der Waals surface area contributed by atoms with Gasteiger partial charge in [0.15, 0.2) is 0 Å². The van der Waals surface area contributed by atoms with Crippen LogP contribution in [0, 0.1) is 0 Å². The average molecular weight is 413 g/mol. The van der Waals surface area contributed by atoms with Crippen LogP contribution in [0.25, 0.3) is 0 Å². The normalized spacial score (nSPS) is 10.8. The molecule has 5 heteroatoms. The first-order valence-corrected chi connectivity index (χ1v) is 9.34. The number of ether oxygens (including phenoxy) is 1. The van der Waals surface area contributed by atoms with Crippen molar-refractivity contribution in [1.29, 1.82) is 0 Å². The van der Waals surface area contributed by atoms with Crippen LogP contribution in [0.15, 0.2) is 46.9 Å². The van der Waals surface area contributed by atoms with E-state index >= 15 is 0 Å². The Kier molecular flexibility index (Phi) is 8.60. The molecule has 0 aromatic heterocycles. The maximum atomic E-state index is 8.79. The predicted molar refractivity (Wildman–Crippen MR) is 103 cm³/mol. The molecule has 0 radical (unpaired) electrons. The Morgan fingerprint density at radius 2 is 1.88 bits per heavy atom. The molecule has 0 heterocycles. The molecule has 0 aliphatic heterocycles. The molecule has 2 rings (SSSR count). The van der Waals surface area contributed by atoms with Crippen LogP contribution in [0.3, 0.4) is 0 Å². The Hall–Kier alpha value is -1.07. The van der Waals surface area contributed by atoms with Gasteiger partial charge in [0.25, 0.3) is 0 Å². The highest BCUT2D eigenvalue weighted by atomic mass is 79.9. The van der Waals surface area contributed by atoms with Crippen LogP contribution in [0.2, 0.25) is 5.02 Å². The van der Waals surface area contributed by atoms with Gasteiger partial charge in [-0.1, -0.05) is 45.7 Å². The molecule has 2 aromatic rings. The fourth-order valence-corrected chi connectivity index (χ4v) is 2.96. The highest BCUT2D eigenvalue weighted by molar-refractivity contribution is 9.10. The van der Waals surface area contributed by atoms with Gasteiger partial charge in [-0.05, 0) is 50.1 Å². The first-order valence-electron chi connectivity index (χ1n) is 8.17. The lowest BCUT2D eigenvalue weighted by Gasteiger charge is -2.13. The van der Waals surface area contributed by atoms with Gasteiger partial charge >= 0.3 is 0 Å². The first kappa shape index (κ1) is 19.3. The summed E-state index contributed by atoms with van der Waals surface area (Å²) >= 11 is 9.70. The SMILES string of the molecule is OCCCCCNCc1cc(Br)ccc1OCc1ccccc1Cl. The second-order valence-corrected chi connectivity index (χ2v) is 6.92. The van der Waals surface area contributed by atoms with Crippen molar-refractivity contribution in [3.05, 3.63) is 63.1 Å². The maximum absolute atomic E-state index is 8.79. The quantitative estimate of drug-likeness (QED) is 0.543. The fourth-order valence-electron chi connectivity index (χ4n) is 2.36. The van der Waals surface area contributed by atoms with E-state index in [1.165, 1.54) is 0 Å². The Morgan fingerprint density at radius 3 is 2.67 bits per heavy atom. The van der Waals surface area contributed by atoms with Crippen LogP contribution in [0.5, 0.6) is 5.75 Å². The van der Waals surface area contributed by atoms with Crippen molar-refractivity contribution in [1.82, 2.24) is 5.32 Å². The molecular formula is C19H23BrClNO2. The van der Waals surface area contributed by atoms with E-state index in [1.807, 2.05) is 36.4 Å². The summed E-state index contributed by atoms with van der Waals surface area (Å²) < 4.78 is 7.01. The lowest BCUT2D eigenvalue weighted by molar-refractivity contribution is 0.282. The molecule has 0 spiro atoms. The number of hydrogen-bond donors (Lipinski definition) is 2. The smallest absolute Gasteiger partial charge is 0.124 e. The molecule has 0 unspecified atom stereocenters. The molecule has 0 bridgehead atoms. The maximum Gasteiger partial charge on any atom is 0.124 e. The Balaban J connectivity index is 1.91. The fraction of sp³-hybridized carbons (Fsp3) is 0.368. The van der Waals surface area contributed by atoms with Gasteiger partial charge in [0, 0.05) is 33.8 Å². The second kappa shape index (κ2) is 10.7. The number of unbranched alkanes of at least 4 members (excludes halogenated alkanes) is 2. The van der Waals surface area contributed by atoms with E-state index in [-0.39, 0.29) is 6.61 Å². The van der Waals surface area contributed by atoms with Crippen molar-refractivity contribution in [2.45, 2.75) is 32.4 Å². The van der Waals surface area contributed by atoms with Gasteiger partial charge in [-0.25, -0.2) is 0 Å². The van der Waals surface area contributed by atoms with Gasteiger partial charge in [0.05, 0.1) is 0 Å². The van der Waals surface area contributed by atoms with E-state index in [0.29, 0.717) is 6.61 Å². The minimum atomic E-state index is 0.270. The summed E-state index contributed by atoms with van der Waals surface area (Å²) in [7, 11) is 0. The molecule has 2 N–H and O–H groups in total. The van der Waals surface area contributed by atoms with E-state index in [4.69, 9.17) is 21.4 Å². The minimum absolute atomic E-state index is 0.270. The van der Waals surface area contributed by atoms with Crippen molar-refractivity contribution in [3.63, 3.8) is 0 Å². The lowest BCUT2D eigenvalue weighted by atomic mass is 10.2. The monoisotopic (exact) mass is 411 g/mol. The third-order valence-electron chi connectivity index (χ3n) is 3.69. The van der Waals surface area contributed by atoms with Crippen LogP contribution in [-0.4, -0.2) is 18.3 Å². The van der Waals surface area contributed by atoms with E-state index in [1.54, 1.807) is 0 Å².